The van der Waals surface area contributed by atoms with E-state index in [4.69, 9.17) is 0 Å². The largest absolute Gasteiger partial charge is 0.326 e. The standard InChI is InChI=1S/C10H5FN4O2/c11-5-3-1-2-4-6(5)14-15-8-7(4)12-10(17)13-9(8)16/h1-3H,(H2,12,13,16,17). The van der Waals surface area contributed by atoms with Crippen LogP contribution in [-0.4, -0.2) is 20.2 Å². The molecule has 2 aromatic heterocycles. The fourth-order valence-corrected chi connectivity index (χ4v) is 1.69. The molecule has 84 valence electrons. The number of aromatic amines is 2. The van der Waals surface area contributed by atoms with Gasteiger partial charge in [-0.05, 0) is 6.07 Å². The quantitative estimate of drug-likeness (QED) is 0.545. The highest BCUT2D eigenvalue weighted by molar-refractivity contribution is 6.00. The molecule has 6 nitrogen and oxygen atoms in total. The third-order valence-electron chi connectivity index (χ3n) is 2.42. The molecule has 2 heterocycles. The summed E-state index contributed by atoms with van der Waals surface area (Å²) in [5.41, 5.74) is -1.14. The van der Waals surface area contributed by atoms with Crippen molar-refractivity contribution in [3.05, 3.63) is 44.9 Å². The smallest absolute Gasteiger partial charge is 0.305 e. The Kier molecular flexibility index (Phi) is 1.82. The van der Waals surface area contributed by atoms with Crippen LogP contribution in [-0.2, 0) is 0 Å². The van der Waals surface area contributed by atoms with Crippen LogP contribution in [0.5, 0.6) is 0 Å². The topological polar surface area (TPSA) is 91.5 Å². The zero-order valence-electron chi connectivity index (χ0n) is 8.32. The molecule has 2 N–H and O–H groups in total. The van der Waals surface area contributed by atoms with Gasteiger partial charge in [-0.3, -0.25) is 9.78 Å². The van der Waals surface area contributed by atoms with Crippen LogP contribution in [0, 0.1) is 5.82 Å². The van der Waals surface area contributed by atoms with Gasteiger partial charge >= 0.3 is 5.69 Å². The van der Waals surface area contributed by atoms with Gasteiger partial charge in [0, 0.05) is 5.39 Å². The number of hydrogen-bond donors (Lipinski definition) is 2. The second kappa shape index (κ2) is 3.21. The summed E-state index contributed by atoms with van der Waals surface area (Å²) in [7, 11) is 0. The lowest BCUT2D eigenvalue weighted by molar-refractivity contribution is 0.635. The molecule has 0 unspecified atom stereocenters. The average Bonchev–Trinajstić information content (AvgIpc) is 2.29. The second-order valence-electron chi connectivity index (χ2n) is 3.47. The van der Waals surface area contributed by atoms with Gasteiger partial charge < -0.3 is 4.98 Å². The Morgan fingerprint density at radius 1 is 1.06 bits per heavy atom. The van der Waals surface area contributed by atoms with Crippen LogP contribution in [0.2, 0.25) is 0 Å². The predicted octanol–water partition coefficient (Wildman–Crippen LogP) is 0.299. The van der Waals surface area contributed by atoms with E-state index in [1.54, 1.807) is 6.07 Å². The Labute approximate surface area is 92.1 Å². The fraction of sp³-hybridized carbons (Fsp3) is 0. The molecule has 0 aliphatic carbocycles. The lowest BCUT2D eigenvalue weighted by Gasteiger charge is -2.00. The molecule has 3 rings (SSSR count). The molecule has 0 saturated heterocycles. The van der Waals surface area contributed by atoms with Crippen molar-refractivity contribution < 1.29 is 4.39 Å². The zero-order valence-corrected chi connectivity index (χ0v) is 8.32. The lowest BCUT2D eigenvalue weighted by atomic mass is 10.2. The molecule has 0 aliphatic rings. The number of nitrogens with one attached hydrogen (secondary N) is 2. The van der Waals surface area contributed by atoms with E-state index < -0.39 is 17.1 Å². The van der Waals surface area contributed by atoms with Crippen molar-refractivity contribution in [2.45, 2.75) is 0 Å². The molecule has 0 atom stereocenters. The maximum absolute atomic E-state index is 13.4. The van der Waals surface area contributed by atoms with Gasteiger partial charge in [-0.15, -0.1) is 10.2 Å². The van der Waals surface area contributed by atoms with Crippen molar-refractivity contribution in [1.29, 1.82) is 0 Å². The van der Waals surface area contributed by atoms with Crippen molar-refractivity contribution in [1.82, 2.24) is 20.2 Å². The van der Waals surface area contributed by atoms with Crippen LogP contribution in [0.4, 0.5) is 4.39 Å². The van der Waals surface area contributed by atoms with Crippen LogP contribution in [0.15, 0.2) is 27.8 Å². The van der Waals surface area contributed by atoms with Gasteiger partial charge in [0.1, 0.15) is 5.52 Å². The van der Waals surface area contributed by atoms with E-state index in [1.807, 2.05) is 4.98 Å². The number of rotatable bonds is 0. The van der Waals surface area contributed by atoms with Crippen molar-refractivity contribution in [3.8, 4) is 0 Å². The van der Waals surface area contributed by atoms with Crippen molar-refractivity contribution >= 4 is 21.9 Å². The number of aromatic nitrogens is 4. The van der Waals surface area contributed by atoms with E-state index in [0.717, 1.165) is 0 Å². The van der Waals surface area contributed by atoms with Gasteiger partial charge in [-0.25, -0.2) is 9.18 Å². The molecular formula is C10H5FN4O2. The third kappa shape index (κ3) is 1.32. The normalized spacial score (nSPS) is 11.1. The number of halogens is 1. The minimum Gasteiger partial charge on any atom is -0.305 e. The van der Waals surface area contributed by atoms with Gasteiger partial charge in [-0.2, -0.15) is 0 Å². The minimum absolute atomic E-state index is 0.0150. The van der Waals surface area contributed by atoms with E-state index in [9.17, 15) is 14.0 Å². The van der Waals surface area contributed by atoms with Crippen LogP contribution >= 0.6 is 0 Å². The molecule has 1 aromatic carbocycles. The number of benzene rings is 1. The Bertz CT molecular complexity index is 852. The highest BCUT2D eigenvalue weighted by Gasteiger charge is 2.10. The van der Waals surface area contributed by atoms with E-state index in [2.05, 4.69) is 15.2 Å². The molecular weight excluding hydrogens is 227 g/mol. The van der Waals surface area contributed by atoms with Crippen molar-refractivity contribution in [2.75, 3.05) is 0 Å². The number of fused-ring (bicyclic) bond motifs is 3. The van der Waals surface area contributed by atoms with Crippen LogP contribution < -0.4 is 11.2 Å². The molecule has 0 amide bonds. The Balaban J connectivity index is 2.70. The summed E-state index contributed by atoms with van der Waals surface area (Å²) >= 11 is 0. The summed E-state index contributed by atoms with van der Waals surface area (Å²) in [5.74, 6) is -0.557. The van der Waals surface area contributed by atoms with Crippen LogP contribution in [0.25, 0.3) is 21.9 Å². The summed E-state index contributed by atoms with van der Waals surface area (Å²) in [4.78, 5) is 27.1. The molecule has 0 fully saturated rings. The zero-order chi connectivity index (χ0) is 12.0. The highest BCUT2D eigenvalue weighted by atomic mass is 19.1. The van der Waals surface area contributed by atoms with Gasteiger partial charge in [0.25, 0.3) is 5.56 Å². The molecule has 7 heteroatoms. The Morgan fingerprint density at radius 2 is 1.82 bits per heavy atom. The molecule has 17 heavy (non-hydrogen) atoms. The van der Waals surface area contributed by atoms with Crippen molar-refractivity contribution in [2.24, 2.45) is 0 Å². The fourth-order valence-electron chi connectivity index (χ4n) is 1.69. The van der Waals surface area contributed by atoms with Crippen molar-refractivity contribution in [3.63, 3.8) is 0 Å². The average molecular weight is 232 g/mol. The van der Waals surface area contributed by atoms with E-state index in [1.165, 1.54) is 12.1 Å². The summed E-state index contributed by atoms with van der Waals surface area (Å²) in [6.07, 6.45) is 0. The SMILES string of the molecule is O=c1[nH]c(=O)c2nnc3c(F)cccc3c2[nH]1. The molecule has 0 spiro atoms. The first kappa shape index (κ1) is 9.64. The first-order valence-corrected chi connectivity index (χ1v) is 4.74. The number of hydrogen-bond acceptors (Lipinski definition) is 4. The molecule has 0 radical (unpaired) electrons. The van der Waals surface area contributed by atoms with Crippen LogP contribution in [0.3, 0.4) is 0 Å². The predicted molar refractivity (Wildman–Crippen MR) is 58.2 cm³/mol. The third-order valence-corrected chi connectivity index (χ3v) is 2.42. The van der Waals surface area contributed by atoms with Gasteiger partial charge in [-0.1, -0.05) is 12.1 Å². The van der Waals surface area contributed by atoms with Gasteiger partial charge in [0.05, 0.1) is 5.52 Å². The monoisotopic (exact) mass is 232 g/mol. The van der Waals surface area contributed by atoms with E-state index in [-0.39, 0.29) is 16.6 Å². The van der Waals surface area contributed by atoms with Gasteiger partial charge in [0.15, 0.2) is 11.3 Å². The molecule has 0 saturated carbocycles. The molecule has 0 bridgehead atoms. The maximum atomic E-state index is 13.4. The molecule has 3 aromatic rings. The molecule has 0 aliphatic heterocycles. The highest BCUT2D eigenvalue weighted by Crippen LogP contribution is 2.18. The number of nitrogens with zero attached hydrogens (tertiary/aromatic N) is 2. The maximum Gasteiger partial charge on any atom is 0.326 e. The number of H-pyrrole nitrogens is 2. The summed E-state index contributed by atoms with van der Waals surface area (Å²) < 4.78 is 13.4. The first-order valence-electron chi connectivity index (χ1n) is 4.74. The lowest BCUT2D eigenvalue weighted by Crippen LogP contribution is -2.23. The summed E-state index contributed by atoms with van der Waals surface area (Å²) in [6.45, 7) is 0. The minimum atomic E-state index is -0.666. The van der Waals surface area contributed by atoms with Crippen LogP contribution in [0.1, 0.15) is 0 Å². The van der Waals surface area contributed by atoms with E-state index >= 15 is 0 Å². The van der Waals surface area contributed by atoms with Gasteiger partial charge in [0.2, 0.25) is 0 Å². The second-order valence-corrected chi connectivity index (χ2v) is 3.47. The van der Waals surface area contributed by atoms with E-state index in [0.29, 0.717) is 5.39 Å². The Morgan fingerprint density at radius 3 is 2.65 bits per heavy atom. The summed E-state index contributed by atoms with van der Waals surface area (Å²) in [5, 5.41) is 7.58. The summed E-state index contributed by atoms with van der Waals surface area (Å²) in [6, 6.07) is 4.26. The Hall–Kier alpha value is -2.57. The first-order chi connectivity index (χ1) is 8.16.